The molecule has 4 heteroatoms. The van der Waals surface area contributed by atoms with Crippen LogP contribution in [-0.2, 0) is 0 Å². The van der Waals surface area contributed by atoms with Crippen LogP contribution >= 0.6 is 11.3 Å². The molecule has 5 aromatic carbocycles. The summed E-state index contributed by atoms with van der Waals surface area (Å²) in [6.07, 6.45) is 0. The third kappa shape index (κ3) is 3.73. The van der Waals surface area contributed by atoms with Crippen molar-refractivity contribution in [1.29, 1.82) is 0 Å². The largest absolute Gasteiger partial charge is 0.278 e. The van der Waals surface area contributed by atoms with Gasteiger partial charge in [-0.1, -0.05) is 109 Å². The molecule has 3 nitrogen and oxygen atoms in total. The molecule has 0 fully saturated rings. The quantitative estimate of drug-likeness (QED) is 0.227. The van der Waals surface area contributed by atoms with Gasteiger partial charge in [-0.05, 0) is 46.2 Å². The fourth-order valence-corrected chi connectivity index (χ4v) is 6.55. The smallest absolute Gasteiger partial charge is 0.235 e. The standard InChI is InChI=1S/C36H23N3S/c1-3-9-24(10-4-1)25-15-17-27(18-16-25)31-23-30(26-11-5-2-6-12-26)37-36(38-31)39-32-14-8-7-13-29(32)34-33(39)20-19-28-21-22-40-35(28)34/h1-23H. The Kier molecular flexibility index (Phi) is 5.32. The molecule has 0 saturated carbocycles. The Bertz CT molecular complexity index is 2140. The van der Waals surface area contributed by atoms with Gasteiger partial charge in [-0.25, -0.2) is 9.97 Å². The van der Waals surface area contributed by atoms with Crippen LogP contribution in [0.1, 0.15) is 0 Å². The Balaban J connectivity index is 1.38. The van der Waals surface area contributed by atoms with Gasteiger partial charge in [-0.3, -0.25) is 4.57 Å². The molecular formula is C36H23N3S. The SMILES string of the molecule is c1ccc(-c2ccc(-c3cc(-c4ccccc4)nc(-n4c5ccccc5c5c6sccc6ccc54)n3)cc2)cc1. The second-order valence-electron chi connectivity index (χ2n) is 9.90. The summed E-state index contributed by atoms with van der Waals surface area (Å²) in [5.74, 6) is 0.672. The molecule has 40 heavy (non-hydrogen) atoms. The first-order chi connectivity index (χ1) is 19.8. The topological polar surface area (TPSA) is 30.7 Å². The van der Waals surface area contributed by atoms with E-state index in [1.165, 1.54) is 32.0 Å². The zero-order valence-electron chi connectivity index (χ0n) is 21.5. The Morgan fingerprint density at radius 1 is 0.500 bits per heavy atom. The van der Waals surface area contributed by atoms with Crippen molar-refractivity contribution in [2.75, 3.05) is 0 Å². The molecule has 188 valence electrons. The van der Waals surface area contributed by atoms with Crippen molar-refractivity contribution in [3.05, 3.63) is 139 Å². The van der Waals surface area contributed by atoms with Crippen LogP contribution in [0.5, 0.6) is 0 Å². The molecule has 0 saturated heterocycles. The van der Waals surface area contributed by atoms with Crippen LogP contribution in [0, 0.1) is 0 Å². The highest BCUT2D eigenvalue weighted by molar-refractivity contribution is 7.18. The van der Waals surface area contributed by atoms with Gasteiger partial charge in [0.2, 0.25) is 5.95 Å². The number of para-hydroxylation sites is 1. The van der Waals surface area contributed by atoms with Crippen molar-refractivity contribution >= 4 is 43.2 Å². The maximum absolute atomic E-state index is 5.20. The maximum Gasteiger partial charge on any atom is 0.235 e. The van der Waals surface area contributed by atoms with E-state index in [-0.39, 0.29) is 0 Å². The molecule has 8 aromatic rings. The lowest BCUT2D eigenvalue weighted by Gasteiger charge is -2.12. The molecule has 0 atom stereocenters. The van der Waals surface area contributed by atoms with Gasteiger partial charge in [0.05, 0.1) is 22.4 Å². The molecule has 0 N–H and O–H groups in total. The molecule has 0 radical (unpaired) electrons. The predicted molar refractivity (Wildman–Crippen MR) is 168 cm³/mol. The van der Waals surface area contributed by atoms with Crippen LogP contribution in [0.2, 0.25) is 0 Å². The minimum Gasteiger partial charge on any atom is -0.278 e. The summed E-state index contributed by atoms with van der Waals surface area (Å²) in [4.78, 5) is 10.4. The first-order valence-corrected chi connectivity index (χ1v) is 14.2. The number of thiophene rings is 1. The summed E-state index contributed by atoms with van der Waals surface area (Å²) in [6.45, 7) is 0. The van der Waals surface area contributed by atoms with E-state index in [2.05, 4.69) is 131 Å². The molecule has 0 unspecified atom stereocenters. The summed E-state index contributed by atoms with van der Waals surface area (Å²) < 4.78 is 3.52. The van der Waals surface area contributed by atoms with Crippen molar-refractivity contribution in [2.24, 2.45) is 0 Å². The van der Waals surface area contributed by atoms with Crippen LogP contribution in [0.4, 0.5) is 0 Å². The van der Waals surface area contributed by atoms with E-state index < -0.39 is 0 Å². The van der Waals surface area contributed by atoms with E-state index in [4.69, 9.17) is 9.97 Å². The number of aromatic nitrogens is 3. The number of hydrogen-bond acceptors (Lipinski definition) is 3. The third-order valence-corrected chi connectivity index (χ3v) is 8.47. The van der Waals surface area contributed by atoms with Crippen molar-refractivity contribution in [3.63, 3.8) is 0 Å². The lowest BCUT2D eigenvalue weighted by Crippen LogP contribution is -2.04. The molecule has 0 aliphatic rings. The average molecular weight is 530 g/mol. The van der Waals surface area contributed by atoms with Crippen LogP contribution in [-0.4, -0.2) is 14.5 Å². The number of hydrogen-bond donors (Lipinski definition) is 0. The maximum atomic E-state index is 5.20. The number of benzene rings is 5. The third-order valence-electron chi connectivity index (χ3n) is 7.53. The monoisotopic (exact) mass is 529 g/mol. The fourth-order valence-electron chi connectivity index (χ4n) is 5.60. The van der Waals surface area contributed by atoms with Crippen molar-refractivity contribution in [2.45, 2.75) is 0 Å². The van der Waals surface area contributed by atoms with Gasteiger partial charge < -0.3 is 0 Å². The first kappa shape index (κ1) is 22.9. The van der Waals surface area contributed by atoms with Crippen LogP contribution in [0.15, 0.2) is 139 Å². The number of fused-ring (bicyclic) bond motifs is 5. The normalized spacial score (nSPS) is 11.5. The predicted octanol–water partition coefficient (Wildman–Crippen LogP) is 9.79. The second kappa shape index (κ2) is 9.30. The van der Waals surface area contributed by atoms with E-state index in [9.17, 15) is 0 Å². The van der Waals surface area contributed by atoms with Gasteiger partial charge in [-0.15, -0.1) is 11.3 Å². The van der Waals surface area contributed by atoms with Gasteiger partial charge in [-0.2, -0.15) is 0 Å². The number of nitrogens with zero attached hydrogens (tertiary/aromatic N) is 3. The van der Waals surface area contributed by atoms with Crippen LogP contribution < -0.4 is 0 Å². The number of rotatable bonds is 4. The molecule has 8 rings (SSSR count). The fraction of sp³-hybridized carbons (Fsp3) is 0. The van der Waals surface area contributed by atoms with Gasteiger partial charge in [0.1, 0.15) is 0 Å². The molecule has 0 aliphatic heterocycles. The van der Waals surface area contributed by atoms with Gasteiger partial charge >= 0.3 is 0 Å². The Labute approximate surface area is 235 Å². The summed E-state index contributed by atoms with van der Waals surface area (Å²) in [5.41, 5.74) is 8.52. The molecule has 3 heterocycles. The average Bonchev–Trinajstić information content (AvgIpc) is 3.64. The lowest BCUT2D eigenvalue weighted by atomic mass is 10.0. The van der Waals surface area contributed by atoms with E-state index in [0.29, 0.717) is 5.95 Å². The van der Waals surface area contributed by atoms with E-state index in [1.807, 2.05) is 12.1 Å². The molecule has 0 bridgehead atoms. The highest BCUT2D eigenvalue weighted by Crippen LogP contribution is 2.39. The van der Waals surface area contributed by atoms with Crippen LogP contribution in [0.25, 0.3) is 71.5 Å². The molecule has 0 spiro atoms. The summed E-state index contributed by atoms with van der Waals surface area (Å²) in [6, 6.07) is 46.7. The highest BCUT2D eigenvalue weighted by Gasteiger charge is 2.18. The summed E-state index contributed by atoms with van der Waals surface area (Å²) in [7, 11) is 0. The minimum atomic E-state index is 0.672. The summed E-state index contributed by atoms with van der Waals surface area (Å²) >= 11 is 1.79. The van der Waals surface area contributed by atoms with E-state index in [1.54, 1.807) is 11.3 Å². The summed E-state index contributed by atoms with van der Waals surface area (Å²) in [5, 5.41) is 5.90. The Morgan fingerprint density at radius 2 is 1.10 bits per heavy atom. The highest BCUT2D eigenvalue weighted by atomic mass is 32.1. The lowest BCUT2D eigenvalue weighted by molar-refractivity contribution is 0.996. The Hall–Kier alpha value is -5.06. The molecule has 3 aromatic heterocycles. The van der Waals surface area contributed by atoms with E-state index in [0.717, 1.165) is 33.5 Å². The van der Waals surface area contributed by atoms with Crippen molar-refractivity contribution in [3.8, 4) is 39.6 Å². The van der Waals surface area contributed by atoms with Gasteiger partial charge in [0.25, 0.3) is 0 Å². The zero-order valence-corrected chi connectivity index (χ0v) is 22.3. The molecule has 0 amide bonds. The Morgan fingerprint density at radius 3 is 1.85 bits per heavy atom. The van der Waals surface area contributed by atoms with Gasteiger partial charge in [0, 0.05) is 26.6 Å². The van der Waals surface area contributed by atoms with Crippen LogP contribution in [0.3, 0.4) is 0 Å². The van der Waals surface area contributed by atoms with Crippen molar-refractivity contribution < 1.29 is 0 Å². The molecular weight excluding hydrogens is 506 g/mol. The zero-order chi connectivity index (χ0) is 26.5. The molecule has 0 aliphatic carbocycles. The first-order valence-electron chi connectivity index (χ1n) is 13.3. The van der Waals surface area contributed by atoms with E-state index >= 15 is 0 Å². The second-order valence-corrected chi connectivity index (χ2v) is 10.8. The van der Waals surface area contributed by atoms with Crippen molar-refractivity contribution in [1.82, 2.24) is 14.5 Å². The minimum absolute atomic E-state index is 0.672. The van der Waals surface area contributed by atoms with Gasteiger partial charge in [0.15, 0.2) is 0 Å².